The molecule has 9 heteroatoms. The fraction of sp³-hybridized carbons (Fsp3) is 0.500. The smallest absolute Gasteiger partial charge is 0.240 e. The Balaban J connectivity index is 1.36. The molecular formula is C22H31N5O3S. The number of carbonyl (C=O) groups excluding carboxylic acids is 2. The van der Waals surface area contributed by atoms with Gasteiger partial charge in [0, 0.05) is 57.4 Å². The molecule has 0 unspecified atom stereocenters. The highest BCUT2D eigenvalue weighted by molar-refractivity contribution is 7.14. The zero-order valence-electron chi connectivity index (χ0n) is 18.2. The summed E-state index contributed by atoms with van der Waals surface area (Å²) in [5.41, 5.74) is 3.12. The van der Waals surface area contributed by atoms with Gasteiger partial charge in [-0.15, -0.1) is 11.3 Å². The van der Waals surface area contributed by atoms with Crippen molar-refractivity contribution in [1.82, 2.24) is 20.1 Å². The summed E-state index contributed by atoms with van der Waals surface area (Å²) in [6.07, 6.45) is 0.816. The third kappa shape index (κ3) is 7.70. The second-order valence-electron chi connectivity index (χ2n) is 7.70. The molecule has 1 aromatic carbocycles. The Bertz CT molecular complexity index is 847. The van der Waals surface area contributed by atoms with Crippen LogP contribution in [0.5, 0.6) is 0 Å². The van der Waals surface area contributed by atoms with Crippen LogP contribution in [0, 0.1) is 6.92 Å². The molecule has 0 bridgehead atoms. The van der Waals surface area contributed by atoms with E-state index in [4.69, 9.17) is 4.74 Å². The molecule has 0 atom stereocenters. The highest BCUT2D eigenvalue weighted by Gasteiger charge is 2.21. The lowest BCUT2D eigenvalue weighted by molar-refractivity contribution is -0.123. The molecule has 1 saturated heterocycles. The van der Waals surface area contributed by atoms with Gasteiger partial charge in [0.1, 0.15) is 0 Å². The second kappa shape index (κ2) is 11.9. The van der Waals surface area contributed by atoms with Crippen LogP contribution in [0.2, 0.25) is 0 Å². The topological polar surface area (TPSA) is 86.8 Å². The highest BCUT2D eigenvalue weighted by Crippen LogP contribution is 2.25. The van der Waals surface area contributed by atoms with Crippen LogP contribution in [-0.4, -0.2) is 86.1 Å². The summed E-state index contributed by atoms with van der Waals surface area (Å²) in [6, 6.07) is 8.18. The minimum absolute atomic E-state index is 0.0375. The Kier molecular flexibility index (Phi) is 8.96. The Labute approximate surface area is 187 Å². The second-order valence-corrected chi connectivity index (χ2v) is 8.56. The number of piperazine rings is 1. The van der Waals surface area contributed by atoms with E-state index in [1.54, 1.807) is 7.11 Å². The number of nitrogens with zero attached hydrogens (tertiary/aromatic N) is 3. The van der Waals surface area contributed by atoms with Gasteiger partial charge in [-0.25, -0.2) is 4.98 Å². The van der Waals surface area contributed by atoms with Crippen molar-refractivity contribution >= 4 is 28.3 Å². The van der Waals surface area contributed by atoms with Gasteiger partial charge in [-0.2, -0.15) is 0 Å². The van der Waals surface area contributed by atoms with Crippen LogP contribution < -0.4 is 10.6 Å². The number of nitrogens with one attached hydrogen (secondary N) is 2. The van der Waals surface area contributed by atoms with Crippen molar-refractivity contribution in [3.05, 3.63) is 35.2 Å². The molecule has 2 amide bonds. The highest BCUT2D eigenvalue weighted by atomic mass is 32.1. The van der Waals surface area contributed by atoms with Gasteiger partial charge >= 0.3 is 0 Å². The van der Waals surface area contributed by atoms with Gasteiger partial charge in [-0.3, -0.25) is 19.4 Å². The van der Waals surface area contributed by atoms with E-state index in [2.05, 4.69) is 44.5 Å². The van der Waals surface area contributed by atoms with Gasteiger partial charge in [0.2, 0.25) is 11.8 Å². The van der Waals surface area contributed by atoms with E-state index < -0.39 is 0 Å². The van der Waals surface area contributed by atoms with E-state index in [0.717, 1.165) is 43.9 Å². The third-order valence-corrected chi connectivity index (χ3v) is 5.90. The Morgan fingerprint density at radius 1 is 1.06 bits per heavy atom. The molecule has 1 aromatic heterocycles. The average Bonchev–Trinajstić information content (AvgIpc) is 3.21. The quantitative estimate of drug-likeness (QED) is 0.543. The number of methoxy groups -OCH3 is 1. The summed E-state index contributed by atoms with van der Waals surface area (Å²) in [6.45, 7) is 7.12. The van der Waals surface area contributed by atoms with Gasteiger partial charge in [0.05, 0.1) is 18.8 Å². The predicted molar refractivity (Wildman–Crippen MR) is 123 cm³/mol. The van der Waals surface area contributed by atoms with Crippen molar-refractivity contribution in [1.29, 1.82) is 0 Å². The van der Waals surface area contributed by atoms with E-state index in [1.807, 2.05) is 17.5 Å². The number of benzene rings is 1. The third-order valence-electron chi connectivity index (χ3n) is 5.14. The SMILES string of the molecule is COCCCNC(=O)CN1CCN(CC(=O)Nc2nc(-c3ccc(C)cc3)cs2)CC1. The lowest BCUT2D eigenvalue weighted by Gasteiger charge is -2.33. The van der Waals surface area contributed by atoms with Gasteiger partial charge < -0.3 is 15.4 Å². The fourth-order valence-corrected chi connectivity index (χ4v) is 4.09. The standard InChI is InChI=1S/C22H31N5O3S/c1-17-4-6-18(7-5-17)19-16-31-22(24-19)25-21(29)15-27-11-9-26(10-12-27)14-20(28)23-8-3-13-30-2/h4-7,16H,3,8-15H2,1-2H3,(H,23,28)(H,24,25,29). The molecule has 0 spiro atoms. The van der Waals surface area contributed by atoms with E-state index in [9.17, 15) is 9.59 Å². The van der Waals surface area contributed by atoms with Crippen molar-refractivity contribution in [2.75, 3.05) is 64.8 Å². The summed E-state index contributed by atoms with van der Waals surface area (Å²) in [5, 5.41) is 8.39. The summed E-state index contributed by atoms with van der Waals surface area (Å²) >= 11 is 1.43. The average molecular weight is 446 g/mol. The maximum Gasteiger partial charge on any atom is 0.240 e. The molecule has 2 aromatic rings. The number of ether oxygens (including phenoxy) is 1. The molecule has 31 heavy (non-hydrogen) atoms. The van der Waals surface area contributed by atoms with Crippen LogP contribution in [0.25, 0.3) is 11.3 Å². The Hall–Kier alpha value is -2.33. The molecule has 168 valence electrons. The van der Waals surface area contributed by atoms with Crippen molar-refractivity contribution in [2.24, 2.45) is 0 Å². The number of hydrogen-bond acceptors (Lipinski definition) is 7. The van der Waals surface area contributed by atoms with E-state index in [1.165, 1.54) is 16.9 Å². The lowest BCUT2D eigenvalue weighted by atomic mass is 10.1. The van der Waals surface area contributed by atoms with Crippen LogP contribution in [-0.2, 0) is 14.3 Å². The molecule has 0 aliphatic carbocycles. The van der Waals surface area contributed by atoms with Gasteiger partial charge in [-0.1, -0.05) is 29.8 Å². The first kappa shape index (κ1) is 23.3. The summed E-state index contributed by atoms with van der Waals surface area (Å²) in [7, 11) is 1.65. The normalized spacial score (nSPS) is 15.0. The number of rotatable bonds is 10. The lowest BCUT2D eigenvalue weighted by Crippen LogP contribution is -2.51. The number of anilines is 1. The molecular weight excluding hydrogens is 414 g/mol. The van der Waals surface area contributed by atoms with Crippen LogP contribution in [0.1, 0.15) is 12.0 Å². The molecule has 0 saturated carbocycles. The van der Waals surface area contributed by atoms with Crippen LogP contribution >= 0.6 is 11.3 Å². The first-order valence-electron chi connectivity index (χ1n) is 10.6. The number of aromatic nitrogens is 1. The number of hydrogen-bond donors (Lipinski definition) is 2. The molecule has 0 radical (unpaired) electrons. The van der Waals surface area contributed by atoms with Crippen molar-refractivity contribution in [3.63, 3.8) is 0 Å². The van der Waals surface area contributed by atoms with Crippen LogP contribution in [0.4, 0.5) is 5.13 Å². The minimum Gasteiger partial charge on any atom is -0.385 e. The number of aryl methyl sites for hydroxylation is 1. The summed E-state index contributed by atoms with van der Waals surface area (Å²) < 4.78 is 4.98. The van der Waals surface area contributed by atoms with Crippen LogP contribution in [0.15, 0.2) is 29.6 Å². The number of thiazole rings is 1. The molecule has 1 fully saturated rings. The molecule has 8 nitrogen and oxygen atoms in total. The summed E-state index contributed by atoms with van der Waals surface area (Å²) in [4.78, 5) is 33.2. The summed E-state index contributed by atoms with van der Waals surface area (Å²) in [5.74, 6) is -0.0235. The van der Waals surface area contributed by atoms with E-state index >= 15 is 0 Å². The first-order valence-corrected chi connectivity index (χ1v) is 11.4. The van der Waals surface area contributed by atoms with Gasteiger partial charge in [0.25, 0.3) is 0 Å². The van der Waals surface area contributed by atoms with E-state index in [-0.39, 0.29) is 11.8 Å². The zero-order chi connectivity index (χ0) is 22.1. The maximum absolute atomic E-state index is 12.4. The Morgan fingerprint density at radius 3 is 2.35 bits per heavy atom. The van der Waals surface area contributed by atoms with Crippen LogP contribution in [0.3, 0.4) is 0 Å². The Morgan fingerprint density at radius 2 is 1.71 bits per heavy atom. The molecule has 2 N–H and O–H groups in total. The van der Waals surface area contributed by atoms with Crippen molar-refractivity contribution in [2.45, 2.75) is 13.3 Å². The van der Waals surface area contributed by atoms with Crippen molar-refractivity contribution < 1.29 is 14.3 Å². The van der Waals surface area contributed by atoms with Crippen molar-refractivity contribution in [3.8, 4) is 11.3 Å². The zero-order valence-corrected chi connectivity index (χ0v) is 19.0. The maximum atomic E-state index is 12.4. The van der Waals surface area contributed by atoms with E-state index in [0.29, 0.717) is 31.4 Å². The molecule has 2 heterocycles. The number of carbonyl (C=O) groups is 2. The fourth-order valence-electron chi connectivity index (χ4n) is 3.36. The molecule has 3 rings (SSSR count). The monoisotopic (exact) mass is 445 g/mol. The largest absolute Gasteiger partial charge is 0.385 e. The number of amides is 2. The molecule has 1 aliphatic heterocycles. The first-order chi connectivity index (χ1) is 15.0. The predicted octanol–water partition coefficient (Wildman–Crippen LogP) is 1.83. The van der Waals surface area contributed by atoms with Gasteiger partial charge in [0.15, 0.2) is 5.13 Å². The minimum atomic E-state index is -0.0610. The molecule has 1 aliphatic rings. The van der Waals surface area contributed by atoms with Gasteiger partial charge in [-0.05, 0) is 13.3 Å².